The van der Waals surface area contributed by atoms with Crippen LogP contribution in [0.2, 0.25) is 0 Å². The van der Waals surface area contributed by atoms with Crippen LogP contribution in [0.4, 0.5) is 5.69 Å². The Balaban J connectivity index is 1.70. The van der Waals surface area contributed by atoms with Crippen molar-refractivity contribution in [3.63, 3.8) is 0 Å². The molecule has 1 aromatic carbocycles. The lowest BCUT2D eigenvalue weighted by atomic mass is 10.2. The maximum absolute atomic E-state index is 12.8. The number of hydrogen-bond acceptors (Lipinski definition) is 7. The van der Waals surface area contributed by atoms with Crippen LogP contribution in [0.15, 0.2) is 28.3 Å². The highest BCUT2D eigenvalue weighted by molar-refractivity contribution is 7.99. The van der Waals surface area contributed by atoms with Gasteiger partial charge in [0.05, 0.1) is 23.9 Å². The van der Waals surface area contributed by atoms with E-state index in [1.807, 2.05) is 20.9 Å². The van der Waals surface area contributed by atoms with E-state index < -0.39 is 10.0 Å². The SMILES string of the molecule is Cc1ccc(S(=O)(=O)N2CCOCC2)cc1NC(=O)CSc1nnc(C)n1C. The number of thioether (sulfide) groups is 1. The van der Waals surface area contributed by atoms with E-state index in [-0.39, 0.29) is 16.6 Å². The van der Waals surface area contributed by atoms with E-state index >= 15 is 0 Å². The van der Waals surface area contributed by atoms with Gasteiger partial charge in [-0.3, -0.25) is 4.79 Å². The minimum Gasteiger partial charge on any atom is -0.379 e. The van der Waals surface area contributed by atoms with Gasteiger partial charge in [0.1, 0.15) is 5.82 Å². The number of ether oxygens (including phenoxy) is 1. The van der Waals surface area contributed by atoms with Crippen molar-refractivity contribution in [3.05, 3.63) is 29.6 Å². The van der Waals surface area contributed by atoms with Gasteiger partial charge in [-0.1, -0.05) is 17.8 Å². The Morgan fingerprint density at radius 1 is 1.25 bits per heavy atom. The number of anilines is 1. The maximum atomic E-state index is 12.8. The average Bonchev–Trinajstić information content (AvgIpc) is 3.00. The molecule has 1 fully saturated rings. The number of aromatic nitrogens is 3. The number of carbonyl (C=O) groups excluding carboxylic acids is 1. The first kappa shape index (κ1) is 20.8. The molecule has 0 aliphatic carbocycles. The van der Waals surface area contributed by atoms with Crippen molar-refractivity contribution < 1.29 is 17.9 Å². The molecule has 1 aromatic heterocycles. The molecule has 1 aliphatic rings. The van der Waals surface area contributed by atoms with Gasteiger partial charge in [0.2, 0.25) is 15.9 Å². The highest BCUT2D eigenvalue weighted by atomic mass is 32.2. The summed E-state index contributed by atoms with van der Waals surface area (Å²) in [5, 5.41) is 11.4. The molecular formula is C17H23N5O4S2. The zero-order chi connectivity index (χ0) is 20.3. The van der Waals surface area contributed by atoms with Crippen LogP contribution in [0.25, 0.3) is 0 Å². The number of sulfonamides is 1. The molecule has 2 heterocycles. The van der Waals surface area contributed by atoms with Crippen LogP contribution < -0.4 is 5.32 Å². The maximum Gasteiger partial charge on any atom is 0.243 e. The number of morpholine rings is 1. The Labute approximate surface area is 168 Å². The highest BCUT2D eigenvalue weighted by Crippen LogP contribution is 2.24. The zero-order valence-electron chi connectivity index (χ0n) is 16.0. The molecule has 0 saturated carbocycles. The van der Waals surface area contributed by atoms with Crippen LogP contribution in [0.3, 0.4) is 0 Å². The topological polar surface area (TPSA) is 106 Å². The lowest BCUT2D eigenvalue weighted by Gasteiger charge is -2.26. The molecule has 1 N–H and O–H groups in total. The summed E-state index contributed by atoms with van der Waals surface area (Å²) in [6.07, 6.45) is 0. The van der Waals surface area contributed by atoms with E-state index in [0.29, 0.717) is 37.1 Å². The molecule has 1 saturated heterocycles. The molecule has 3 rings (SSSR count). The largest absolute Gasteiger partial charge is 0.379 e. The number of aryl methyl sites for hydroxylation is 2. The molecule has 0 atom stereocenters. The van der Waals surface area contributed by atoms with Gasteiger partial charge in [-0.2, -0.15) is 4.31 Å². The minimum atomic E-state index is -3.62. The molecule has 2 aromatic rings. The Morgan fingerprint density at radius 3 is 2.61 bits per heavy atom. The number of nitrogens with one attached hydrogen (secondary N) is 1. The van der Waals surface area contributed by atoms with Crippen molar-refractivity contribution in [2.75, 3.05) is 37.4 Å². The van der Waals surface area contributed by atoms with E-state index in [2.05, 4.69) is 15.5 Å². The molecule has 0 spiro atoms. The van der Waals surface area contributed by atoms with Gasteiger partial charge in [-0.25, -0.2) is 8.42 Å². The van der Waals surface area contributed by atoms with Gasteiger partial charge in [0.15, 0.2) is 5.16 Å². The van der Waals surface area contributed by atoms with Gasteiger partial charge >= 0.3 is 0 Å². The fourth-order valence-corrected chi connectivity index (χ4v) is 4.85. The van der Waals surface area contributed by atoms with Gasteiger partial charge in [-0.15, -0.1) is 10.2 Å². The van der Waals surface area contributed by atoms with Crippen molar-refractivity contribution >= 4 is 33.4 Å². The van der Waals surface area contributed by atoms with Crippen molar-refractivity contribution in [3.8, 4) is 0 Å². The van der Waals surface area contributed by atoms with Crippen molar-refractivity contribution in [1.29, 1.82) is 0 Å². The summed E-state index contributed by atoms with van der Waals surface area (Å²) in [5.41, 5.74) is 1.27. The van der Waals surface area contributed by atoms with Crippen molar-refractivity contribution in [2.24, 2.45) is 7.05 Å². The lowest BCUT2D eigenvalue weighted by Crippen LogP contribution is -2.40. The van der Waals surface area contributed by atoms with Crippen LogP contribution in [-0.2, 0) is 26.6 Å². The molecule has 1 aliphatic heterocycles. The fraction of sp³-hybridized carbons (Fsp3) is 0.471. The Kier molecular flexibility index (Phi) is 6.38. The number of amides is 1. The van der Waals surface area contributed by atoms with Gasteiger partial charge in [0, 0.05) is 25.8 Å². The quantitative estimate of drug-likeness (QED) is 0.693. The van der Waals surface area contributed by atoms with Crippen LogP contribution >= 0.6 is 11.8 Å². The van der Waals surface area contributed by atoms with Crippen LogP contribution in [0, 0.1) is 13.8 Å². The van der Waals surface area contributed by atoms with E-state index in [1.54, 1.807) is 16.7 Å². The van der Waals surface area contributed by atoms with E-state index in [1.165, 1.54) is 22.1 Å². The monoisotopic (exact) mass is 425 g/mol. The molecule has 1 amide bonds. The van der Waals surface area contributed by atoms with Crippen molar-refractivity contribution in [2.45, 2.75) is 23.9 Å². The smallest absolute Gasteiger partial charge is 0.243 e. The third kappa shape index (κ3) is 4.54. The minimum absolute atomic E-state index is 0.145. The first-order valence-corrected chi connectivity index (χ1v) is 11.2. The molecule has 152 valence electrons. The lowest BCUT2D eigenvalue weighted by molar-refractivity contribution is -0.113. The van der Waals surface area contributed by atoms with E-state index in [0.717, 1.165) is 11.4 Å². The normalized spacial score (nSPS) is 15.5. The summed E-state index contributed by atoms with van der Waals surface area (Å²) >= 11 is 1.27. The van der Waals surface area contributed by atoms with Crippen LogP contribution in [0.1, 0.15) is 11.4 Å². The predicted octanol–water partition coefficient (Wildman–Crippen LogP) is 1.18. The highest BCUT2D eigenvalue weighted by Gasteiger charge is 2.27. The number of hydrogen-bond donors (Lipinski definition) is 1. The third-order valence-corrected chi connectivity index (χ3v) is 7.39. The second kappa shape index (κ2) is 8.60. The first-order chi connectivity index (χ1) is 13.3. The summed E-state index contributed by atoms with van der Waals surface area (Å²) in [5.74, 6) is 0.667. The summed E-state index contributed by atoms with van der Waals surface area (Å²) < 4.78 is 34.1. The number of carbonyl (C=O) groups is 1. The number of rotatable bonds is 6. The Hall–Kier alpha value is -1.95. The molecular weight excluding hydrogens is 402 g/mol. The number of benzene rings is 1. The van der Waals surface area contributed by atoms with E-state index in [4.69, 9.17) is 4.74 Å². The second-order valence-corrected chi connectivity index (χ2v) is 9.30. The average molecular weight is 426 g/mol. The second-order valence-electron chi connectivity index (χ2n) is 6.42. The molecule has 11 heteroatoms. The third-order valence-electron chi connectivity index (χ3n) is 4.48. The summed E-state index contributed by atoms with van der Waals surface area (Å²) in [4.78, 5) is 12.5. The van der Waals surface area contributed by atoms with Gasteiger partial charge < -0.3 is 14.6 Å². The fourth-order valence-electron chi connectivity index (χ4n) is 2.66. The van der Waals surface area contributed by atoms with Crippen LogP contribution in [0.5, 0.6) is 0 Å². The first-order valence-electron chi connectivity index (χ1n) is 8.76. The van der Waals surface area contributed by atoms with E-state index in [9.17, 15) is 13.2 Å². The van der Waals surface area contributed by atoms with Crippen molar-refractivity contribution in [1.82, 2.24) is 19.1 Å². The Morgan fingerprint density at radius 2 is 1.96 bits per heavy atom. The molecule has 0 unspecified atom stereocenters. The summed E-state index contributed by atoms with van der Waals surface area (Å²) in [6, 6.07) is 4.77. The zero-order valence-corrected chi connectivity index (χ0v) is 17.6. The Bertz CT molecular complexity index is 968. The van der Waals surface area contributed by atoms with Gasteiger partial charge in [0.25, 0.3) is 0 Å². The molecule has 28 heavy (non-hydrogen) atoms. The number of nitrogens with zero attached hydrogens (tertiary/aromatic N) is 4. The standard InChI is InChI=1S/C17H23N5O4S2/c1-12-4-5-14(28(24,25)22-6-8-26-9-7-22)10-15(12)18-16(23)11-27-17-20-19-13(2)21(17)3/h4-5,10H,6-9,11H2,1-3H3,(H,18,23). The molecule has 0 radical (unpaired) electrons. The molecule has 0 bridgehead atoms. The predicted molar refractivity (Wildman–Crippen MR) is 106 cm³/mol. The van der Waals surface area contributed by atoms with Crippen LogP contribution in [-0.4, -0.2) is 65.5 Å². The van der Waals surface area contributed by atoms with Gasteiger partial charge in [-0.05, 0) is 31.5 Å². The summed E-state index contributed by atoms with van der Waals surface area (Å²) in [7, 11) is -1.79. The summed E-state index contributed by atoms with van der Waals surface area (Å²) in [6.45, 7) is 5.07. The molecule has 9 nitrogen and oxygen atoms in total.